The van der Waals surface area contributed by atoms with Crippen LogP contribution in [-0.4, -0.2) is 32.2 Å². The van der Waals surface area contributed by atoms with E-state index in [1.165, 1.54) is 4.52 Å². The molecule has 0 saturated heterocycles. The average molecular weight is 206 g/mol. The summed E-state index contributed by atoms with van der Waals surface area (Å²) in [6.45, 7) is 0.0270. The zero-order chi connectivity index (χ0) is 10.8. The summed E-state index contributed by atoms with van der Waals surface area (Å²) in [4.78, 5) is 14.9. The van der Waals surface area contributed by atoms with Gasteiger partial charge in [-0.15, -0.1) is 0 Å². The number of hydrogen-bond donors (Lipinski definition) is 2. The van der Waals surface area contributed by atoms with Crippen molar-refractivity contribution in [3.63, 3.8) is 0 Å². The number of carbonyl (C=O) groups is 1. The van der Waals surface area contributed by atoms with Gasteiger partial charge in [0.1, 0.15) is 5.92 Å². The van der Waals surface area contributed by atoms with Gasteiger partial charge < -0.3 is 10.8 Å². The van der Waals surface area contributed by atoms with Crippen molar-refractivity contribution in [3.05, 3.63) is 30.2 Å². The molecule has 1 atom stereocenters. The first-order valence-corrected chi connectivity index (χ1v) is 4.45. The van der Waals surface area contributed by atoms with Gasteiger partial charge in [-0.05, 0) is 6.07 Å². The van der Waals surface area contributed by atoms with E-state index in [2.05, 4.69) is 10.1 Å². The van der Waals surface area contributed by atoms with Gasteiger partial charge in [0.05, 0.1) is 5.69 Å². The van der Waals surface area contributed by atoms with Crippen molar-refractivity contribution in [2.45, 2.75) is 5.92 Å². The van der Waals surface area contributed by atoms with E-state index in [1.54, 1.807) is 24.5 Å². The average Bonchev–Trinajstić information content (AvgIpc) is 2.61. The second-order valence-electron chi connectivity index (χ2n) is 3.12. The lowest BCUT2D eigenvalue weighted by Crippen LogP contribution is -2.21. The third kappa shape index (κ3) is 1.66. The minimum absolute atomic E-state index is 0.0270. The number of aromatic nitrogens is 3. The number of carboxylic acid groups (broad SMARTS) is 1. The first-order chi connectivity index (χ1) is 7.22. The molecule has 0 fully saturated rings. The summed E-state index contributed by atoms with van der Waals surface area (Å²) in [7, 11) is 0. The van der Waals surface area contributed by atoms with Crippen LogP contribution < -0.4 is 5.73 Å². The molecule has 6 nitrogen and oxygen atoms in total. The van der Waals surface area contributed by atoms with Gasteiger partial charge in [0, 0.05) is 25.0 Å². The van der Waals surface area contributed by atoms with Gasteiger partial charge >= 0.3 is 5.97 Å². The Bertz CT molecular complexity index is 461. The van der Waals surface area contributed by atoms with Crippen molar-refractivity contribution in [3.8, 4) is 0 Å². The minimum Gasteiger partial charge on any atom is -0.481 e. The quantitative estimate of drug-likeness (QED) is 0.728. The van der Waals surface area contributed by atoms with E-state index in [-0.39, 0.29) is 6.54 Å². The Hall–Kier alpha value is -1.95. The SMILES string of the molecule is NCC(C(=O)O)c1cc2ncccn2n1. The number of carboxylic acids is 1. The zero-order valence-electron chi connectivity index (χ0n) is 7.87. The number of nitrogens with two attached hydrogens (primary N) is 1. The largest absolute Gasteiger partial charge is 0.481 e. The molecule has 0 aliphatic carbocycles. The van der Waals surface area contributed by atoms with E-state index in [4.69, 9.17) is 10.8 Å². The van der Waals surface area contributed by atoms with Gasteiger partial charge in [-0.2, -0.15) is 5.10 Å². The molecule has 2 aromatic rings. The lowest BCUT2D eigenvalue weighted by molar-refractivity contribution is -0.138. The molecular formula is C9H10N4O2. The van der Waals surface area contributed by atoms with Gasteiger partial charge in [-0.3, -0.25) is 4.79 Å². The van der Waals surface area contributed by atoms with Crippen LogP contribution in [-0.2, 0) is 4.79 Å². The molecule has 6 heteroatoms. The molecular weight excluding hydrogens is 196 g/mol. The van der Waals surface area contributed by atoms with Crippen molar-refractivity contribution >= 4 is 11.6 Å². The molecule has 2 heterocycles. The maximum absolute atomic E-state index is 10.9. The highest BCUT2D eigenvalue weighted by molar-refractivity contribution is 5.76. The smallest absolute Gasteiger partial charge is 0.313 e. The normalized spacial score (nSPS) is 12.9. The van der Waals surface area contributed by atoms with Crippen LogP contribution >= 0.6 is 0 Å². The monoisotopic (exact) mass is 206 g/mol. The molecule has 3 N–H and O–H groups in total. The summed E-state index contributed by atoms with van der Waals surface area (Å²) >= 11 is 0. The summed E-state index contributed by atoms with van der Waals surface area (Å²) in [5, 5.41) is 13.0. The second kappa shape index (κ2) is 3.66. The van der Waals surface area contributed by atoms with Crippen LogP contribution in [0.25, 0.3) is 5.65 Å². The van der Waals surface area contributed by atoms with Crippen LogP contribution in [0.1, 0.15) is 11.6 Å². The van der Waals surface area contributed by atoms with E-state index in [9.17, 15) is 4.79 Å². The second-order valence-corrected chi connectivity index (χ2v) is 3.12. The predicted octanol–water partition coefficient (Wildman–Crippen LogP) is -0.144. The topological polar surface area (TPSA) is 93.5 Å². The Balaban J connectivity index is 2.47. The number of rotatable bonds is 3. The summed E-state index contributed by atoms with van der Waals surface area (Å²) in [5.41, 5.74) is 6.43. The summed E-state index contributed by atoms with van der Waals surface area (Å²) < 4.78 is 1.53. The van der Waals surface area contributed by atoms with Crippen LogP contribution in [0.5, 0.6) is 0 Å². The van der Waals surface area contributed by atoms with Gasteiger partial charge in [0.25, 0.3) is 0 Å². The highest BCUT2D eigenvalue weighted by Gasteiger charge is 2.21. The Labute approximate surface area is 85.3 Å². The molecule has 2 rings (SSSR count). The lowest BCUT2D eigenvalue weighted by atomic mass is 10.1. The molecule has 0 radical (unpaired) electrons. The lowest BCUT2D eigenvalue weighted by Gasteiger charge is -2.03. The molecule has 1 unspecified atom stereocenters. The summed E-state index contributed by atoms with van der Waals surface area (Å²) in [6.07, 6.45) is 3.33. The predicted molar refractivity (Wildman–Crippen MR) is 52.4 cm³/mol. The third-order valence-electron chi connectivity index (χ3n) is 2.15. The maximum atomic E-state index is 10.9. The van der Waals surface area contributed by atoms with E-state index in [0.717, 1.165) is 0 Å². The number of nitrogens with zero attached hydrogens (tertiary/aromatic N) is 3. The maximum Gasteiger partial charge on any atom is 0.313 e. The molecule has 0 aromatic carbocycles. The summed E-state index contributed by atoms with van der Waals surface area (Å²) in [5.74, 6) is -1.74. The highest BCUT2D eigenvalue weighted by Crippen LogP contribution is 2.14. The zero-order valence-corrected chi connectivity index (χ0v) is 7.87. The molecule has 0 bridgehead atoms. The third-order valence-corrected chi connectivity index (χ3v) is 2.15. The summed E-state index contributed by atoms with van der Waals surface area (Å²) in [6, 6.07) is 3.35. The van der Waals surface area contributed by atoms with Crippen molar-refractivity contribution in [1.82, 2.24) is 14.6 Å². The van der Waals surface area contributed by atoms with E-state index < -0.39 is 11.9 Å². The molecule has 2 aromatic heterocycles. The fourth-order valence-corrected chi connectivity index (χ4v) is 1.37. The van der Waals surface area contributed by atoms with E-state index in [1.807, 2.05) is 0 Å². The Morgan fingerprint density at radius 1 is 1.67 bits per heavy atom. The van der Waals surface area contributed by atoms with Crippen molar-refractivity contribution in [2.24, 2.45) is 5.73 Å². The van der Waals surface area contributed by atoms with E-state index >= 15 is 0 Å². The first-order valence-electron chi connectivity index (χ1n) is 4.45. The van der Waals surface area contributed by atoms with Gasteiger partial charge in [0.2, 0.25) is 0 Å². The van der Waals surface area contributed by atoms with Crippen molar-refractivity contribution < 1.29 is 9.90 Å². The van der Waals surface area contributed by atoms with Crippen LogP contribution in [0.15, 0.2) is 24.5 Å². The number of hydrogen-bond acceptors (Lipinski definition) is 4. The Kier molecular flexibility index (Phi) is 2.34. The molecule has 0 aliphatic heterocycles. The number of aliphatic carboxylic acids is 1. The van der Waals surface area contributed by atoms with Gasteiger partial charge in [-0.1, -0.05) is 0 Å². The van der Waals surface area contributed by atoms with Crippen molar-refractivity contribution in [2.75, 3.05) is 6.54 Å². The standard InChI is InChI=1S/C9H10N4O2/c10-5-6(9(14)15)7-4-8-11-2-1-3-13(8)12-7/h1-4,6H,5,10H2,(H,14,15). The molecule has 0 amide bonds. The Morgan fingerprint density at radius 2 is 2.47 bits per heavy atom. The molecule has 0 spiro atoms. The fraction of sp³-hybridized carbons (Fsp3) is 0.222. The van der Waals surface area contributed by atoms with E-state index in [0.29, 0.717) is 11.3 Å². The molecule has 78 valence electrons. The van der Waals surface area contributed by atoms with Crippen molar-refractivity contribution in [1.29, 1.82) is 0 Å². The van der Waals surface area contributed by atoms with Crippen LogP contribution in [0.3, 0.4) is 0 Å². The minimum atomic E-state index is -0.971. The molecule has 0 aliphatic rings. The van der Waals surface area contributed by atoms with Crippen LogP contribution in [0.2, 0.25) is 0 Å². The number of fused-ring (bicyclic) bond motifs is 1. The molecule has 0 saturated carbocycles. The fourth-order valence-electron chi connectivity index (χ4n) is 1.37. The van der Waals surface area contributed by atoms with Crippen LogP contribution in [0, 0.1) is 0 Å². The van der Waals surface area contributed by atoms with Gasteiger partial charge in [0.15, 0.2) is 5.65 Å². The highest BCUT2D eigenvalue weighted by atomic mass is 16.4. The van der Waals surface area contributed by atoms with Gasteiger partial charge in [-0.25, -0.2) is 9.50 Å². The molecule has 15 heavy (non-hydrogen) atoms. The Morgan fingerprint density at radius 3 is 3.07 bits per heavy atom. The first kappa shape index (κ1) is 9.60. The van der Waals surface area contributed by atoms with Crippen LogP contribution in [0.4, 0.5) is 0 Å².